The molecule has 0 aliphatic carbocycles. The molecule has 1 aromatic heterocycles. The fourth-order valence-corrected chi connectivity index (χ4v) is 2.49. The molecule has 1 heterocycles. The minimum absolute atomic E-state index is 0.495. The van der Waals surface area contributed by atoms with Gasteiger partial charge in [0, 0.05) is 25.5 Å². The molecule has 24 heavy (non-hydrogen) atoms. The number of guanidine groups is 1. The zero-order chi connectivity index (χ0) is 17.2. The lowest BCUT2D eigenvalue weighted by Crippen LogP contribution is -2.33. The van der Waals surface area contributed by atoms with Crippen LogP contribution in [0.25, 0.3) is 0 Å². The molecule has 0 saturated heterocycles. The van der Waals surface area contributed by atoms with E-state index in [0.29, 0.717) is 18.4 Å². The molecule has 0 fully saturated rings. The summed E-state index contributed by atoms with van der Waals surface area (Å²) in [5, 5.41) is 3.15. The third-order valence-electron chi connectivity index (χ3n) is 3.93. The van der Waals surface area contributed by atoms with Crippen molar-refractivity contribution in [3.05, 3.63) is 54.1 Å². The van der Waals surface area contributed by atoms with Gasteiger partial charge in [0.05, 0.1) is 0 Å². The molecule has 0 aliphatic heterocycles. The van der Waals surface area contributed by atoms with Gasteiger partial charge in [-0.25, -0.2) is 9.98 Å². The van der Waals surface area contributed by atoms with E-state index in [4.69, 9.17) is 5.73 Å². The Bertz CT molecular complexity index is 616. The predicted octanol–water partition coefficient (Wildman–Crippen LogP) is 2.97. The zero-order valence-electron chi connectivity index (χ0n) is 14.8. The second kappa shape index (κ2) is 9.75. The molecule has 130 valence electrons. The van der Waals surface area contributed by atoms with Gasteiger partial charge in [0.1, 0.15) is 12.4 Å². The molecule has 0 amide bonds. The second-order valence-corrected chi connectivity index (χ2v) is 6.44. The number of imidazole rings is 1. The number of aliphatic imine (C=N–C) groups is 1. The van der Waals surface area contributed by atoms with Gasteiger partial charge >= 0.3 is 0 Å². The third-order valence-corrected chi connectivity index (χ3v) is 3.93. The Morgan fingerprint density at radius 2 is 2.08 bits per heavy atom. The van der Waals surface area contributed by atoms with Crippen molar-refractivity contribution in [3.63, 3.8) is 0 Å². The van der Waals surface area contributed by atoms with E-state index < -0.39 is 0 Å². The molecule has 5 nitrogen and oxygen atoms in total. The highest BCUT2D eigenvalue weighted by Gasteiger charge is 2.03. The van der Waals surface area contributed by atoms with Gasteiger partial charge in [0.15, 0.2) is 5.96 Å². The van der Waals surface area contributed by atoms with Crippen LogP contribution in [0, 0.1) is 5.92 Å². The lowest BCUT2D eigenvalue weighted by molar-refractivity contribution is 0.576. The Kier molecular flexibility index (Phi) is 7.33. The minimum Gasteiger partial charge on any atom is -0.370 e. The van der Waals surface area contributed by atoms with Crippen molar-refractivity contribution in [2.75, 3.05) is 6.54 Å². The van der Waals surface area contributed by atoms with Crippen molar-refractivity contribution < 1.29 is 0 Å². The summed E-state index contributed by atoms with van der Waals surface area (Å²) >= 11 is 0. The summed E-state index contributed by atoms with van der Waals surface area (Å²) in [4.78, 5) is 8.79. The number of benzene rings is 1. The van der Waals surface area contributed by atoms with Crippen LogP contribution in [0.4, 0.5) is 0 Å². The quantitative estimate of drug-likeness (QED) is 0.549. The zero-order valence-corrected chi connectivity index (χ0v) is 14.8. The van der Waals surface area contributed by atoms with Gasteiger partial charge in [0.2, 0.25) is 0 Å². The monoisotopic (exact) mass is 327 g/mol. The van der Waals surface area contributed by atoms with E-state index in [1.807, 2.05) is 12.4 Å². The highest BCUT2D eigenvalue weighted by molar-refractivity contribution is 5.77. The van der Waals surface area contributed by atoms with Gasteiger partial charge < -0.3 is 15.6 Å². The highest BCUT2D eigenvalue weighted by Crippen LogP contribution is 2.06. The number of nitrogens with two attached hydrogens (primary N) is 1. The minimum atomic E-state index is 0.495. The SMILES string of the molecule is CC(C)CCNC(N)=NCc1nccn1CCCc1ccccc1. The van der Waals surface area contributed by atoms with Gasteiger partial charge in [-0.15, -0.1) is 0 Å². The van der Waals surface area contributed by atoms with E-state index in [9.17, 15) is 0 Å². The Morgan fingerprint density at radius 3 is 2.83 bits per heavy atom. The first-order valence-corrected chi connectivity index (χ1v) is 8.73. The molecule has 0 atom stereocenters. The summed E-state index contributed by atoms with van der Waals surface area (Å²) in [5.41, 5.74) is 7.28. The van der Waals surface area contributed by atoms with Crippen LogP contribution in [0.15, 0.2) is 47.7 Å². The molecular formula is C19H29N5. The summed E-state index contributed by atoms with van der Waals surface area (Å²) in [7, 11) is 0. The van der Waals surface area contributed by atoms with Crippen LogP contribution in [0.2, 0.25) is 0 Å². The van der Waals surface area contributed by atoms with E-state index in [1.54, 1.807) is 0 Å². The maximum absolute atomic E-state index is 5.90. The molecule has 1 aromatic carbocycles. The fraction of sp³-hybridized carbons (Fsp3) is 0.474. The number of hydrogen-bond donors (Lipinski definition) is 2. The average Bonchev–Trinajstić information content (AvgIpc) is 3.01. The summed E-state index contributed by atoms with van der Waals surface area (Å²) < 4.78 is 2.16. The Labute approximate surface area is 145 Å². The van der Waals surface area contributed by atoms with Crippen LogP contribution >= 0.6 is 0 Å². The number of rotatable bonds is 9. The Morgan fingerprint density at radius 1 is 1.29 bits per heavy atom. The first-order valence-electron chi connectivity index (χ1n) is 8.73. The van der Waals surface area contributed by atoms with Crippen molar-refractivity contribution in [1.82, 2.24) is 14.9 Å². The van der Waals surface area contributed by atoms with Crippen molar-refractivity contribution in [3.8, 4) is 0 Å². The lowest BCUT2D eigenvalue weighted by Gasteiger charge is -2.09. The molecule has 0 spiro atoms. The Balaban J connectivity index is 1.77. The van der Waals surface area contributed by atoms with E-state index in [1.165, 1.54) is 5.56 Å². The van der Waals surface area contributed by atoms with Crippen molar-refractivity contribution in [2.45, 2.75) is 46.2 Å². The maximum Gasteiger partial charge on any atom is 0.189 e. The lowest BCUT2D eigenvalue weighted by atomic mass is 10.1. The number of aromatic nitrogens is 2. The van der Waals surface area contributed by atoms with E-state index in [2.05, 4.69) is 64.0 Å². The fourth-order valence-electron chi connectivity index (χ4n) is 2.49. The summed E-state index contributed by atoms with van der Waals surface area (Å²) in [6.07, 6.45) is 7.08. The highest BCUT2D eigenvalue weighted by atomic mass is 15.1. The van der Waals surface area contributed by atoms with Crippen molar-refractivity contribution in [1.29, 1.82) is 0 Å². The van der Waals surface area contributed by atoms with Crippen LogP contribution in [0.3, 0.4) is 0 Å². The average molecular weight is 327 g/mol. The standard InChI is InChI=1S/C19H29N5/c1-16(2)10-11-22-19(20)23-15-18-21-12-14-24(18)13-6-9-17-7-4-3-5-8-17/h3-5,7-8,12,14,16H,6,9-11,13,15H2,1-2H3,(H3,20,22,23). The molecule has 3 N–H and O–H groups in total. The van der Waals surface area contributed by atoms with Crippen LogP contribution in [0.5, 0.6) is 0 Å². The molecular weight excluding hydrogens is 298 g/mol. The number of hydrogen-bond acceptors (Lipinski definition) is 2. The molecule has 0 aliphatic rings. The number of nitrogens with zero attached hydrogens (tertiary/aromatic N) is 3. The second-order valence-electron chi connectivity index (χ2n) is 6.44. The van der Waals surface area contributed by atoms with Crippen LogP contribution in [-0.2, 0) is 19.5 Å². The topological polar surface area (TPSA) is 68.2 Å². The van der Waals surface area contributed by atoms with Gasteiger partial charge in [-0.1, -0.05) is 44.2 Å². The summed E-state index contributed by atoms with van der Waals surface area (Å²) in [6, 6.07) is 10.6. The van der Waals surface area contributed by atoms with Crippen LogP contribution in [-0.4, -0.2) is 22.1 Å². The van der Waals surface area contributed by atoms with Gasteiger partial charge in [-0.2, -0.15) is 0 Å². The smallest absolute Gasteiger partial charge is 0.189 e. The largest absolute Gasteiger partial charge is 0.370 e. The van der Waals surface area contributed by atoms with Gasteiger partial charge in [0.25, 0.3) is 0 Å². The van der Waals surface area contributed by atoms with Gasteiger partial charge in [-0.05, 0) is 30.7 Å². The van der Waals surface area contributed by atoms with Crippen LogP contribution < -0.4 is 11.1 Å². The van der Waals surface area contributed by atoms with Gasteiger partial charge in [-0.3, -0.25) is 0 Å². The van der Waals surface area contributed by atoms with Crippen molar-refractivity contribution in [2.24, 2.45) is 16.6 Å². The Hall–Kier alpha value is -2.30. The number of nitrogens with one attached hydrogen (secondary N) is 1. The normalized spacial score (nSPS) is 11.9. The predicted molar refractivity (Wildman–Crippen MR) is 99.8 cm³/mol. The van der Waals surface area contributed by atoms with E-state index >= 15 is 0 Å². The summed E-state index contributed by atoms with van der Waals surface area (Å²) in [6.45, 7) is 6.71. The molecule has 0 unspecified atom stereocenters. The van der Waals surface area contributed by atoms with E-state index in [0.717, 1.165) is 38.2 Å². The summed E-state index contributed by atoms with van der Waals surface area (Å²) in [5.74, 6) is 2.11. The number of aryl methyl sites for hydroxylation is 2. The van der Waals surface area contributed by atoms with Crippen molar-refractivity contribution >= 4 is 5.96 Å². The third kappa shape index (κ3) is 6.44. The molecule has 5 heteroatoms. The molecule has 2 rings (SSSR count). The molecule has 0 bridgehead atoms. The molecule has 2 aromatic rings. The van der Waals surface area contributed by atoms with Crippen LogP contribution in [0.1, 0.15) is 38.1 Å². The first kappa shape index (κ1) is 18.0. The molecule has 0 saturated carbocycles. The maximum atomic E-state index is 5.90. The van der Waals surface area contributed by atoms with E-state index in [-0.39, 0.29) is 0 Å². The molecule has 0 radical (unpaired) electrons. The first-order chi connectivity index (χ1) is 11.6.